The zero-order valence-electron chi connectivity index (χ0n) is 12.0. The van der Waals surface area contributed by atoms with Gasteiger partial charge < -0.3 is 10.5 Å². The number of benzene rings is 2. The normalized spacial score (nSPS) is 23.2. The van der Waals surface area contributed by atoms with Crippen LogP contribution in [-0.2, 0) is 15.5 Å². The van der Waals surface area contributed by atoms with E-state index in [-0.39, 0.29) is 0 Å². The zero-order chi connectivity index (χ0) is 15.0. The van der Waals surface area contributed by atoms with Gasteiger partial charge in [0.05, 0.1) is 12.2 Å². The number of nitrogens with zero attached hydrogens (tertiary/aromatic N) is 1. The van der Waals surface area contributed by atoms with Gasteiger partial charge in [-0.25, -0.2) is 14.8 Å². The molecule has 1 spiro atoms. The van der Waals surface area contributed by atoms with Crippen LogP contribution < -0.4 is 10.5 Å². The van der Waals surface area contributed by atoms with Gasteiger partial charge in [0.25, 0.3) is 0 Å². The first-order valence-electron chi connectivity index (χ1n) is 7.31. The van der Waals surface area contributed by atoms with Gasteiger partial charge in [0, 0.05) is 12.0 Å². The molecule has 1 atom stereocenters. The molecule has 1 unspecified atom stereocenters. The maximum atomic E-state index is 6.07. The highest BCUT2D eigenvalue weighted by Gasteiger charge is 2.46. The second kappa shape index (κ2) is 5.12. The maximum absolute atomic E-state index is 6.07. The lowest BCUT2D eigenvalue weighted by atomic mass is 9.95. The summed E-state index contributed by atoms with van der Waals surface area (Å²) in [5.74, 6) is 1.91. The Bertz CT molecular complexity index is 722. The molecule has 0 amide bonds. The third-order valence-electron chi connectivity index (χ3n) is 3.90. The Kier molecular flexibility index (Phi) is 3.10. The van der Waals surface area contributed by atoms with Crippen LogP contribution in [0.2, 0.25) is 0 Å². The first-order chi connectivity index (χ1) is 10.8. The highest BCUT2D eigenvalue weighted by Crippen LogP contribution is 2.47. The predicted molar refractivity (Wildman–Crippen MR) is 81.6 cm³/mol. The summed E-state index contributed by atoms with van der Waals surface area (Å²) in [7, 11) is 0. The summed E-state index contributed by atoms with van der Waals surface area (Å²) in [6.45, 7) is 0.564. The van der Waals surface area contributed by atoms with Crippen molar-refractivity contribution >= 4 is 5.84 Å². The van der Waals surface area contributed by atoms with Crippen LogP contribution in [-0.4, -0.2) is 12.4 Å². The second-order valence-corrected chi connectivity index (χ2v) is 5.38. The first kappa shape index (κ1) is 13.3. The van der Waals surface area contributed by atoms with Crippen molar-refractivity contribution < 1.29 is 14.5 Å². The largest absolute Gasteiger partial charge is 0.457 e. The molecule has 2 aliphatic rings. The van der Waals surface area contributed by atoms with Crippen molar-refractivity contribution in [3.05, 3.63) is 59.7 Å². The van der Waals surface area contributed by atoms with Crippen molar-refractivity contribution in [2.24, 2.45) is 10.7 Å². The van der Waals surface area contributed by atoms with Crippen LogP contribution in [0, 0.1) is 0 Å². The highest BCUT2D eigenvalue weighted by atomic mass is 17.2. The minimum Gasteiger partial charge on any atom is -0.457 e. The van der Waals surface area contributed by atoms with E-state index in [1.807, 2.05) is 48.5 Å². The Labute approximate surface area is 128 Å². The summed E-state index contributed by atoms with van der Waals surface area (Å²) in [4.78, 5) is 15.3. The molecule has 4 rings (SSSR count). The number of ether oxygens (including phenoxy) is 1. The molecule has 0 aromatic heterocycles. The Morgan fingerprint density at radius 2 is 1.95 bits per heavy atom. The summed E-state index contributed by atoms with van der Waals surface area (Å²) in [5, 5.41) is 0. The van der Waals surface area contributed by atoms with Crippen LogP contribution in [0.15, 0.2) is 53.5 Å². The number of para-hydroxylation sites is 1. The summed E-state index contributed by atoms with van der Waals surface area (Å²) in [6, 6.07) is 15.4. The van der Waals surface area contributed by atoms with Gasteiger partial charge >= 0.3 is 0 Å². The molecule has 0 radical (unpaired) electrons. The number of fused-ring (bicyclic) bond motifs is 2. The number of aliphatic imine (C=N–C) groups is 1. The van der Waals surface area contributed by atoms with Crippen LogP contribution in [0.3, 0.4) is 0 Å². The van der Waals surface area contributed by atoms with Crippen molar-refractivity contribution in [3.8, 4) is 11.5 Å². The molecule has 2 heterocycles. The number of nitrogens with two attached hydrogens (primary N) is 1. The van der Waals surface area contributed by atoms with E-state index in [2.05, 4.69) is 4.99 Å². The molecule has 2 aromatic rings. The molecule has 2 aromatic carbocycles. The third kappa shape index (κ3) is 2.06. The van der Waals surface area contributed by atoms with Crippen molar-refractivity contribution in [1.29, 1.82) is 0 Å². The fourth-order valence-electron chi connectivity index (χ4n) is 2.95. The lowest BCUT2D eigenvalue weighted by Crippen LogP contribution is -2.31. The Hall–Kier alpha value is -2.37. The molecule has 0 aliphatic carbocycles. The van der Waals surface area contributed by atoms with Gasteiger partial charge in [0.15, 0.2) is 0 Å². The van der Waals surface area contributed by atoms with E-state index < -0.39 is 5.72 Å². The quantitative estimate of drug-likeness (QED) is 0.865. The van der Waals surface area contributed by atoms with Crippen molar-refractivity contribution in [1.82, 2.24) is 0 Å². The second-order valence-electron chi connectivity index (χ2n) is 5.38. The molecule has 22 heavy (non-hydrogen) atoms. The van der Waals surface area contributed by atoms with Gasteiger partial charge in [-0.15, -0.1) is 0 Å². The molecule has 5 nitrogen and oxygen atoms in total. The Balaban J connectivity index is 1.80. The SMILES string of the molecule is NC1=NC2(CCCOO2)c2c(Oc3ccccc3)cccc21. The number of rotatable bonds is 2. The summed E-state index contributed by atoms with van der Waals surface area (Å²) in [6.07, 6.45) is 1.58. The fraction of sp³-hybridized carbons (Fsp3) is 0.235. The van der Waals surface area contributed by atoms with E-state index in [9.17, 15) is 0 Å². The van der Waals surface area contributed by atoms with Gasteiger partial charge in [0.2, 0.25) is 5.72 Å². The van der Waals surface area contributed by atoms with E-state index in [1.54, 1.807) is 0 Å². The lowest BCUT2D eigenvalue weighted by Gasteiger charge is -2.30. The molecule has 1 fully saturated rings. The Morgan fingerprint density at radius 3 is 2.73 bits per heavy atom. The maximum Gasteiger partial charge on any atom is 0.224 e. The molecule has 0 bridgehead atoms. The van der Waals surface area contributed by atoms with Crippen LogP contribution in [0.25, 0.3) is 0 Å². The smallest absolute Gasteiger partial charge is 0.224 e. The minimum atomic E-state index is -0.886. The van der Waals surface area contributed by atoms with E-state index in [1.165, 1.54) is 0 Å². The van der Waals surface area contributed by atoms with Crippen molar-refractivity contribution in [3.63, 3.8) is 0 Å². The molecule has 112 valence electrons. The summed E-state index contributed by atoms with van der Waals surface area (Å²) < 4.78 is 6.03. The molecular formula is C17H16N2O3. The molecule has 2 N–H and O–H groups in total. The van der Waals surface area contributed by atoms with Crippen LogP contribution in [0.1, 0.15) is 24.0 Å². The van der Waals surface area contributed by atoms with Crippen LogP contribution >= 0.6 is 0 Å². The van der Waals surface area contributed by atoms with Crippen LogP contribution in [0.5, 0.6) is 11.5 Å². The molecule has 2 aliphatic heterocycles. The van der Waals surface area contributed by atoms with Crippen LogP contribution in [0.4, 0.5) is 0 Å². The van der Waals surface area contributed by atoms with E-state index in [0.717, 1.165) is 29.7 Å². The van der Waals surface area contributed by atoms with E-state index in [4.69, 9.17) is 20.2 Å². The average molecular weight is 296 g/mol. The summed E-state index contributed by atoms with van der Waals surface area (Å²) >= 11 is 0. The van der Waals surface area contributed by atoms with Gasteiger partial charge in [-0.1, -0.05) is 30.3 Å². The molecule has 1 saturated heterocycles. The minimum absolute atomic E-state index is 0.457. The topological polar surface area (TPSA) is 66.1 Å². The molecule has 0 saturated carbocycles. The zero-order valence-corrected chi connectivity index (χ0v) is 12.0. The predicted octanol–water partition coefficient (Wildman–Crippen LogP) is 3.09. The highest BCUT2D eigenvalue weighted by molar-refractivity contribution is 6.02. The van der Waals surface area contributed by atoms with E-state index >= 15 is 0 Å². The van der Waals surface area contributed by atoms with Gasteiger partial charge in [0.1, 0.15) is 17.3 Å². The third-order valence-corrected chi connectivity index (χ3v) is 3.90. The van der Waals surface area contributed by atoms with E-state index in [0.29, 0.717) is 18.2 Å². The molecular weight excluding hydrogens is 280 g/mol. The lowest BCUT2D eigenvalue weighted by molar-refractivity contribution is -0.387. The molecule has 5 heteroatoms. The average Bonchev–Trinajstić information content (AvgIpc) is 2.82. The fourth-order valence-corrected chi connectivity index (χ4v) is 2.95. The van der Waals surface area contributed by atoms with Crippen molar-refractivity contribution in [2.45, 2.75) is 18.6 Å². The Morgan fingerprint density at radius 1 is 1.09 bits per heavy atom. The van der Waals surface area contributed by atoms with Gasteiger partial charge in [-0.05, 0) is 24.6 Å². The number of amidine groups is 1. The number of hydrogen-bond acceptors (Lipinski definition) is 5. The number of hydrogen-bond donors (Lipinski definition) is 1. The standard InChI is InChI=1S/C17H16N2O3/c18-16-13-8-4-9-14(21-12-6-2-1-3-7-12)15(13)17(19-16)10-5-11-20-22-17/h1-4,6-9H,5,10-11H2,(H2,18,19). The first-order valence-corrected chi connectivity index (χ1v) is 7.31. The van der Waals surface area contributed by atoms with Crippen molar-refractivity contribution in [2.75, 3.05) is 6.61 Å². The van der Waals surface area contributed by atoms with Gasteiger partial charge in [-0.2, -0.15) is 0 Å². The monoisotopic (exact) mass is 296 g/mol. The summed E-state index contributed by atoms with van der Waals surface area (Å²) in [5.41, 5.74) is 6.88. The van der Waals surface area contributed by atoms with Gasteiger partial charge in [-0.3, -0.25) is 0 Å².